The summed E-state index contributed by atoms with van der Waals surface area (Å²) in [5.41, 5.74) is 4.05. The van der Waals surface area contributed by atoms with Crippen LogP contribution in [0.5, 0.6) is 0 Å². The quantitative estimate of drug-likeness (QED) is 0.774. The number of rotatable bonds is 2. The van der Waals surface area contributed by atoms with E-state index < -0.39 is 5.60 Å². The molecule has 5 rings (SSSR count). The number of para-hydroxylation sites is 1. The third-order valence-corrected chi connectivity index (χ3v) is 5.18. The van der Waals surface area contributed by atoms with Crippen LogP contribution in [-0.2, 0) is 6.42 Å². The van der Waals surface area contributed by atoms with Gasteiger partial charge in [-0.3, -0.25) is 5.01 Å². The van der Waals surface area contributed by atoms with E-state index in [1.807, 2.05) is 65.7 Å². The van der Waals surface area contributed by atoms with E-state index in [-0.39, 0.29) is 6.04 Å². The molecule has 3 aromatic carbocycles. The van der Waals surface area contributed by atoms with Crippen molar-refractivity contribution in [3.05, 3.63) is 102 Å². The first-order valence-corrected chi connectivity index (χ1v) is 8.56. The predicted molar refractivity (Wildman–Crippen MR) is 99.7 cm³/mol. The first kappa shape index (κ1) is 14.4. The fourth-order valence-electron chi connectivity index (χ4n) is 4.09. The molecule has 3 aromatic rings. The predicted octanol–water partition coefficient (Wildman–Crippen LogP) is 3.94. The van der Waals surface area contributed by atoms with Crippen LogP contribution in [0.4, 0.5) is 5.69 Å². The average Bonchev–Trinajstić information content (AvgIpc) is 3.11. The number of nitrogens with zero attached hydrogens (tertiary/aromatic N) is 2. The first-order chi connectivity index (χ1) is 12.3. The molecule has 3 nitrogen and oxygen atoms in total. The fourth-order valence-corrected chi connectivity index (χ4v) is 4.09. The zero-order chi connectivity index (χ0) is 16.9. The van der Waals surface area contributed by atoms with Gasteiger partial charge in [-0.25, -0.2) is 0 Å². The second-order valence-corrected chi connectivity index (χ2v) is 6.70. The second kappa shape index (κ2) is 5.30. The topological polar surface area (TPSA) is 35.8 Å². The van der Waals surface area contributed by atoms with Gasteiger partial charge in [-0.2, -0.15) is 5.10 Å². The van der Waals surface area contributed by atoms with Crippen LogP contribution in [0.15, 0.2) is 90.0 Å². The molecule has 0 fully saturated rings. The molecular weight excluding hydrogens is 308 g/mol. The van der Waals surface area contributed by atoms with Crippen LogP contribution in [0.1, 0.15) is 22.7 Å². The van der Waals surface area contributed by atoms with E-state index in [1.54, 1.807) is 0 Å². The lowest BCUT2D eigenvalue weighted by molar-refractivity contribution is 0.0956. The number of fused-ring (bicyclic) bond motifs is 3. The molecule has 0 unspecified atom stereocenters. The third kappa shape index (κ3) is 2.06. The maximum Gasteiger partial charge on any atom is 0.139 e. The van der Waals surface area contributed by atoms with E-state index >= 15 is 0 Å². The summed E-state index contributed by atoms with van der Waals surface area (Å²) in [6.07, 6.45) is 0.588. The molecular formula is C22H18N2O. The SMILES string of the molecule is O[C@@]12Cc3ccccc3C1=NN(c1ccccc1)[C@H]2c1ccccc1. The fraction of sp³-hybridized carbons (Fsp3) is 0.136. The Hall–Kier alpha value is -2.91. The minimum absolute atomic E-state index is 0.238. The number of anilines is 1. The van der Waals surface area contributed by atoms with Gasteiger partial charge in [0.05, 0.1) is 5.69 Å². The molecule has 0 saturated carbocycles. The molecule has 122 valence electrons. The number of benzene rings is 3. The number of hydrogen-bond donors (Lipinski definition) is 1. The van der Waals surface area contributed by atoms with Crippen molar-refractivity contribution in [3.63, 3.8) is 0 Å². The van der Waals surface area contributed by atoms with Gasteiger partial charge in [0.15, 0.2) is 0 Å². The summed E-state index contributed by atoms with van der Waals surface area (Å²) >= 11 is 0. The molecule has 2 atom stereocenters. The van der Waals surface area contributed by atoms with Crippen LogP contribution >= 0.6 is 0 Å². The third-order valence-electron chi connectivity index (χ3n) is 5.18. The molecule has 1 aliphatic heterocycles. The minimum Gasteiger partial charge on any atom is -0.380 e. The van der Waals surface area contributed by atoms with Crippen LogP contribution < -0.4 is 5.01 Å². The highest BCUT2D eigenvalue weighted by atomic mass is 16.3. The molecule has 1 heterocycles. The first-order valence-electron chi connectivity index (χ1n) is 8.56. The zero-order valence-corrected chi connectivity index (χ0v) is 13.7. The molecule has 25 heavy (non-hydrogen) atoms. The summed E-state index contributed by atoms with van der Waals surface area (Å²) < 4.78 is 0. The van der Waals surface area contributed by atoms with Crippen LogP contribution in [0, 0.1) is 0 Å². The van der Waals surface area contributed by atoms with Crippen LogP contribution in [0.25, 0.3) is 0 Å². The van der Waals surface area contributed by atoms with Crippen LogP contribution in [0.3, 0.4) is 0 Å². The van der Waals surface area contributed by atoms with Gasteiger partial charge in [0.1, 0.15) is 17.4 Å². The molecule has 1 N–H and O–H groups in total. The maximum absolute atomic E-state index is 11.7. The van der Waals surface area contributed by atoms with Gasteiger partial charge in [0, 0.05) is 12.0 Å². The Balaban J connectivity index is 1.71. The van der Waals surface area contributed by atoms with E-state index in [9.17, 15) is 5.11 Å². The molecule has 0 saturated heterocycles. The Kier molecular flexibility index (Phi) is 3.06. The Morgan fingerprint density at radius 3 is 2.24 bits per heavy atom. The minimum atomic E-state index is -1.01. The molecule has 0 radical (unpaired) electrons. The van der Waals surface area contributed by atoms with Crippen molar-refractivity contribution >= 4 is 11.4 Å². The van der Waals surface area contributed by atoms with E-state index in [0.29, 0.717) is 6.42 Å². The highest BCUT2D eigenvalue weighted by Gasteiger charge is 2.55. The van der Waals surface area contributed by atoms with E-state index in [2.05, 4.69) is 24.3 Å². The summed E-state index contributed by atoms with van der Waals surface area (Å²) in [7, 11) is 0. The van der Waals surface area contributed by atoms with Crippen molar-refractivity contribution in [3.8, 4) is 0 Å². The number of hydrogen-bond acceptors (Lipinski definition) is 3. The summed E-state index contributed by atoms with van der Waals surface area (Å²) in [6, 6.07) is 28.2. The smallest absolute Gasteiger partial charge is 0.139 e. The summed E-state index contributed by atoms with van der Waals surface area (Å²) in [6.45, 7) is 0. The van der Waals surface area contributed by atoms with Gasteiger partial charge in [0.2, 0.25) is 0 Å². The molecule has 0 bridgehead atoms. The molecule has 2 aliphatic rings. The van der Waals surface area contributed by atoms with Gasteiger partial charge < -0.3 is 5.11 Å². The van der Waals surface area contributed by atoms with Gasteiger partial charge in [-0.15, -0.1) is 0 Å². The van der Waals surface area contributed by atoms with Crippen molar-refractivity contribution in [2.45, 2.75) is 18.1 Å². The lowest BCUT2D eigenvalue weighted by Gasteiger charge is -2.33. The Morgan fingerprint density at radius 2 is 1.48 bits per heavy atom. The van der Waals surface area contributed by atoms with E-state index in [0.717, 1.165) is 28.1 Å². The largest absolute Gasteiger partial charge is 0.380 e. The average molecular weight is 326 g/mol. The van der Waals surface area contributed by atoms with Gasteiger partial charge in [-0.1, -0.05) is 72.8 Å². The standard InChI is InChI=1S/C22H18N2O/c25-22-15-17-11-7-8-14-19(17)20(22)23-24(18-12-5-2-6-13-18)21(22)16-9-3-1-4-10-16/h1-14,21,25H,15H2/t21-,22-/m0/s1. The number of hydrazone groups is 1. The number of aliphatic hydroxyl groups is 1. The Morgan fingerprint density at radius 1 is 0.840 bits per heavy atom. The molecule has 1 aliphatic carbocycles. The van der Waals surface area contributed by atoms with E-state index in [4.69, 9.17) is 5.10 Å². The maximum atomic E-state index is 11.7. The van der Waals surface area contributed by atoms with Gasteiger partial charge in [-0.05, 0) is 23.3 Å². The van der Waals surface area contributed by atoms with Crippen molar-refractivity contribution in [2.24, 2.45) is 5.10 Å². The highest BCUT2D eigenvalue weighted by molar-refractivity contribution is 6.13. The molecule has 0 spiro atoms. The summed E-state index contributed by atoms with van der Waals surface area (Å²) in [5, 5.41) is 18.6. The highest BCUT2D eigenvalue weighted by Crippen LogP contribution is 2.48. The molecule has 3 heteroatoms. The zero-order valence-electron chi connectivity index (χ0n) is 13.7. The van der Waals surface area contributed by atoms with E-state index in [1.165, 1.54) is 0 Å². The summed E-state index contributed by atoms with van der Waals surface area (Å²) in [4.78, 5) is 0. The Bertz CT molecular complexity index is 952. The molecule has 0 amide bonds. The van der Waals surface area contributed by atoms with Gasteiger partial charge >= 0.3 is 0 Å². The monoisotopic (exact) mass is 326 g/mol. The van der Waals surface area contributed by atoms with Gasteiger partial charge in [0.25, 0.3) is 0 Å². The Labute approximate surface area is 146 Å². The molecule has 0 aromatic heterocycles. The summed E-state index contributed by atoms with van der Waals surface area (Å²) in [5.74, 6) is 0. The van der Waals surface area contributed by atoms with Crippen LogP contribution in [0.2, 0.25) is 0 Å². The van der Waals surface area contributed by atoms with Crippen molar-refractivity contribution < 1.29 is 5.11 Å². The second-order valence-electron chi connectivity index (χ2n) is 6.70. The van der Waals surface area contributed by atoms with Crippen molar-refractivity contribution in [2.75, 3.05) is 5.01 Å². The van der Waals surface area contributed by atoms with Crippen molar-refractivity contribution in [1.29, 1.82) is 0 Å². The lowest BCUT2D eigenvalue weighted by Crippen LogP contribution is -2.43. The van der Waals surface area contributed by atoms with Crippen molar-refractivity contribution in [1.82, 2.24) is 0 Å². The normalized spacial score (nSPS) is 24.0. The van der Waals surface area contributed by atoms with Crippen LogP contribution in [-0.4, -0.2) is 16.4 Å². The lowest BCUT2D eigenvalue weighted by atomic mass is 9.85.